The zero-order chi connectivity index (χ0) is 44.8. The Kier molecular flexibility index (Phi) is 11.5. The molecule has 0 spiro atoms. The molecule has 5 aromatic rings. The van der Waals surface area contributed by atoms with E-state index >= 15 is 0 Å². The van der Waals surface area contributed by atoms with Crippen LogP contribution in [-0.2, 0) is 38.1 Å². The highest BCUT2D eigenvalue weighted by molar-refractivity contribution is 6.44. The summed E-state index contributed by atoms with van der Waals surface area (Å²) in [6.45, 7) is 6.32. The summed E-state index contributed by atoms with van der Waals surface area (Å²) in [5.41, 5.74) is 3.17. The van der Waals surface area contributed by atoms with E-state index in [4.69, 9.17) is 18.9 Å². The largest absolute Gasteiger partial charge is 0.466 e. The summed E-state index contributed by atoms with van der Waals surface area (Å²) < 4.78 is 20.1. The molecule has 0 saturated carbocycles. The minimum Gasteiger partial charge on any atom is -0.466 e. The van der Waals surface area contributed by atoms with Crippen molar-refractivity contribution in [3.63, 3.8) is 0 Å². The van der Waals surface area contributed by atoms with Gasteiger partial charge in [-0.1, -0.05) is 12.1 Å². The Bertz CT molecular complexity index is 2610. The number of amides is 4. The van der Waals surface area contributed by atoms with E-state index in [1.165, 1.54) is 9.80 Å². The van der Waals surface area contributed by atoms with Crippen molar-refractivity contribution in [3.8, 4) is 0 Å². The topological polar surface area (TPSA) is 186 Å². The van der Waals surface area contributed by atoms with Crippen LogP contribution < -0.4 is 9.80 Å². The number of hydrogen-bond donors (Lipinski definition) is 0. The minimum absolute atomic E-state index is 0.0135. The molecule has 0 aliphatic carbocycles. The van der Waals surface area contributed by atoms with Gasteiger partial charge in [-0.05, 0) is 87.4 Å². The third-order valence-corrected chi connectivity index (χ3v) is 12.6. The van der Waals surface area contributed by atoms with Crippen LogP contribution in [0.2, 0.25) is 0 Å². The van der Waals surface area contributed by atoms with Crippen LogP contribution in [0.25, 0.3) is 43.1 Å². The molecule has 4 aliphatic heterocycles. The van der Waals surface area contributed by atoms with Gasteiger partial charge in [0.25, 0.3) is 23.6 Å². The lowest BCUT2D eigenvalue weighted by molar-refractivity contribution is -0.156. The van der Waals surface area contributed by atoms with Gasteiger partial charge in [0.1, 0.15) is 12.8 Å². The molecule has 64 heavy (non-hydrogen) atoms. The maximum Gasteiger partial charge on any atom is 0.317 e. The molecule has 332 valence electrons. The summed E-state index contributed by atoms with van der Waals surface area (Å²) in [6, 6.07) is 11.1. The van der Waals surface area contributed by atoms with E-state index in [9.17, 15) is 38.4 Å². The molecule has 5 aromatic carbocycles. The Hall–Kier alpha value is -6.84. The van der Waals surface area contributed by atoms with Crippen molar-refractivity contribution in [1.82, 2.24) is 9.80 Å². The second-order valence-electron chi connectivity index (χ2n) is 16.5. The van der Waals surface area contributed by atoms with Crippen molar-refractivity contribution in [2.75, 3.05) is 75.5 Å². The molecule has 16 nitrogen and oxygen atoms in total. The normalized spacial score (nSPS) is 16.0. The van der Waals surface area contributed by atoms with Gasteiger partial charge in [-0.15, -0.1) is 0 Å². The van der Waals surface area contributed by atoms with Crippen LogP contribution in [0, 0.1) is 0 Å². The lowest BCUT2D eigenvalue weighted by Gasteiger charge is -2.33. The van der Waals surface area contributed by atoms with E-state index in [0.717, 1.165) is 95.6 Å². The first kappa shape index (κ1) is 42.5. The van der Waals surface area contributed by atoms with Crippen molar-refractivity contribution in [3.05, 3.63) is 58.7 Å². The summed E-state index contributed by atoms with van der Waals surface area (Å²) in [7, 11) is 0. The molecule has 0 atom stereocenters. The highest BCUT2D eigenvalue weighted by atomic mass is 16.6. The molecule has 0 unspecified atom stereocenters. The number of anilines is 2. The third kappa shape index (κ3) is 7.27. The van der Waals surface area contributed by atoms with Crippen molar-refractivity contribution in [2.45, 2.75) is 65.2 Å². The second kappa shape index (κ2) is 17.4. The Labute approximate surface area is 367 Å². The molecule has 2 saturated heterocycles. The number of imide groups is 2. The molecule has 4 heterocycles. The molecular weight excluding hydrogens is 825 g/mol. The second-order valence-corrected chi connectivity index (χ2v) is 16.5. The highest BCUT2D eigenvalue weighted by Gasteiger charge is 2.39. The SMILES string of the molecule is CCOC(=O)CC(=O)OCCCN1C(=O)c2ccc3c4c(N5CCCC5)cc5c6c(ccc(c7c(N8CCCC8)cc(c2c37)C1=O)c64)C(=O)N(CCCOC(=O)CC(=O)OCC)C5=O. The molecular formula is C48H48N4O12. The number of hydrogen-bond acceptors (Lipinski definition) is 14. The summed E-state index contributed by atoms with van der Waals surface area (Å²) in [5, 5.41) is 5.95. The Morgan fingerprint density at radius 2 is 0.828 bits per heavy atom. The van der Waals surface area contributed by atoms with Gasteiger partial charge in [0.05, 0.1) is 37.6 Å². The van der Waals surface area contributed by atoms with Gasteiger partial charge < -0.3 is 28.7 Å². The lowest BCUT2D eigenvalue weighted by Crippen LogP contribution is -2.41. The molecule has 2 fully saturated rings. The van der Waals surface area contributed by atoms with Crippen molar-refractivity contribution >= 4 is 102 Å². The van der Waals surface area contributed by atoms with Crippen LogP contribution in [-0.4, -0.2) is 123 Å². The average molecular weight is 873 g/mol. The van der Waals surface area contributed by atoms with E-state index in [2.05, 4.69) is 9.80 Å². The van der Waals surface area contributed by atoms with Crippen LogP contribution in [0.4, 0.5) is 11.4 Å². The Morgan fingerprint density at radius 3 is 1.20 bits per heavy atom. The fourth-order valence-electron chi connectivity index (χ4n) is 9.92. The average Bonchev–Trinajstić information content (AvgIpc) is 4.02. The summed E-state index contributed by atoms with van der Waals surface area (Å²) in [6.07, 6.45) is 3.07. The highest BCUT2D eigenvalue weighted by Crippen LogP contribution is 2.52. The number of carbonyl (C=O) groups is 8. The van der Waals surface area contributed by atoms with E-state index < -0.39 is 60.3 Å². The monoisotopic (exact) mass is 872 g/mol. The van der Waals surface area contributed by atoms with E-state index in [1.54, 1.807) is 26.0 Å². The van der Waals surface area contributed by atoms with Gasteiger partial charge in [0, 0.05) is 94.1 Å². The Balaban J connectivity index is 1.13. The van der Waals surface area contributed by atoms with E-state index in [0.29, 0.717) is 33.0 Å². The standard InChI is InChI=1S/C48H48N4O12/c1-3-61-35(53)25-37(55)63-21-9-19-51-45(57)29-13-11-27-42-34(50-17-7-8-18-50)24-32-40-30(46(58)52(48(32)60)20-10-22-64-38(56)26-36(54)62-4-2)14-12-28(44(40)42)41-33(49-15-5-6-16-49)23-31(47(51)59)39(29)43(27)41/h11-14,23-24H,3-10,15-22,25-26H2,1-2H3. The zero-order valence-corrected chi connectivity index (χ0v) is 35.9. The summed E-state index contributed by atoms with van der Waals surface area (Å²) in [4.78, 5) is 113. The smallest absolute Gasteiger partial charge is 0.317 e. The quantitative estimate of drug-likeness (QED) is 0.0217. The van der Waals surface area contributed by atoms with Crippen molar-refractivity contribution in [1.29, 1.82) is 0 Å². The lowest BCUT2D eigenvalue weighted by atomic mass is 9.80. The van der Waals surface area contributed by atoms with Crippen LogP contribution in [0.5, 0.6) is 0 Å². The maximum atomic E-state index is 14.6. The van der Waals surface area contributed by atoms with Gasteiger partial charge in [-0.3, -0.25) is 48.2 Å². The summed E-state index contributed by atoms with van der Waals surface area (Å²) in [5.74, 6) is -4.74. The number of ether oxygens (including phenoxy) is 4. The zero-order valence-electron chi connectivity index (χ0n) is 35.9. The molecule has 4 amide bonds. The van der Waals surface area contributed by atoms with Crippen molar-refractivity contribution < 1.29 is 57.3 Å². The fraction of sp³-hybridized carbons (Fsp3) is 0.417. The van der Waals surface area contributed by atoms with Crippen LogP contribution in [0.1, 0.15) is 107 Å². The first-order valence-electron chi connectivity index (χ1n) is 22.1. The van der Waals surface area contributed by atoms with Crippen molar-refractivity contribution in [2.24, 2.45) is 0 Å². The first-order valence-corrected chi connectivity index (χ1v) is 22.1. The molecule has 9 rings (SSSR count). The number of esters is 4. The molecule has 0 radical (unpaired) electrons. The number of fused-ring (bicyclic) bond motifs is 2. The number of carbonyl (C=O) groups excluding carboxylic acids is 8. The predicted molar refractivity (Wildman–Crippen MR) is 235 cm³/mol. The molecule has 0 N–H and O–H groups in total. The maximum absolute atomic E-state index is 14.6. The molecule has 0 bridgehead atoms. The molecule has 4 aliphatic rings. The third-order valence-electron chi connectivity index (χ3n) is 12.6. The van der Waals surface area contributed by atoms with Crippen LogP contribution in [0.3, 0.4) is 0 Å². The van der Waals surface area contributed by atoms with Gasteiger partial charge in [0.15, 0.2) is 0 Å². The number of rotatable bonds is 16. The molecule has 0 aromatic heterocycles. The van der Waals surface area contributed by atoms with Crippen LogP contribution >= 0.6 is 0 Å². The van der Waals surface area contributed by atoms with Gasteiger partial charge in [-0.25, -0.2) is 0 Å². The number of benzene rings is 5. The van der Waals surface area contributed by atoms with Gasteiger partial charge >= 0.3 is 23.9 Å². The van der Waals surface area contributed by atoms with E-state index in [1.807, 2.05) is 24.3 Å². The number of nitrogens with zero attached hydrogens (tertiary/aromatic N) is 4. The van der Waals surface area contributed by atoms with Gasteiger partial charge in [0.2, 0.25) is 0 Å². The first-order chi connectivity index (χ1) is 31.0. The predicted octanol–water partition coefficient (Wildman–Crippen LogP) is 5.90. The minimum atomic E-state index is -0.751. The Morgan fingerprint density at radius 1 is 0.469 bits per heavy atom. The molecule has 16 heteroatoms. The van der Waals surface area contributed by atoms with Gasteiger partial charge in [-0.2, -0.15) is 0 Å². The van der Waals surface area contributed by atoms with E-state index in [-0.39, 0.29) is 52.4 Å². The summed E-state index contributed by atoms with van der Waals surface area (Å²) >= 11 is 0. The fourth-order valence-corrected chi connectivity index (χ4v) is 9.92. The van der Waals surface area contributed by atoms with Crippen LogP contribution in [0.15, 0.2) is 36.4 Å².